The van der Waals surface area contributed by atoms with Crippen LogP contribution >= 0.6 is 11.6 Å². The number of aliphatic imine (C=N–C) groups is 1. The van der Waals surface area contributed by atoms with E-state index < -0.39 is 5.97 Å². The molecule has 0 spiro atoms. The van der Waals surface area contributed by atoms with Gasteiger partial charge in [0.25, 0.3) is 0 Å². The van der Waals surface area contributed by atoms with Gasteiger partial charge in [0.05, 0.1) is 16.3 Å². The molecule has 0 atom stereocenters. The Morgan fingerprint density at radius 2 is 1.62 bits per heavy atom. The average Bonchev–Trinajstić information content (AvgIpc) is 2.62. The lowest BCUT2D eigenvalue weighted by atomic mass is 10.1. The summed E-state index contributed by atoms with van der Waals surface area (Å²) in [6, 6.07) is 22.2. The number of halogens is 1. The van der Waals surface area contributed by atoms with Crippen LogP contribution in [0.1, 0.15) is 15.9 Å². The Kier molecular flexibility index (Phi) is 4.73. The van der Waals surface area contributed by atoms with E-state index in [0.717, 1.165) is 16.7 Å². The van der Waals surface area contributed by atoms with Gasteiger partial charge in [0.1, 0.15) is 0 Å². The zero-order chi connectivity index (χ0) is 16.9. The SMILES string of the molecule is O=C(O)c1ccc(C=Nc2ccc(-c3ccccc3)cc2Cl)cc1. The molecule has 0 unspecified atom stereocenters. The van der Waals surface area contributed by atoms with Gasteiger partial charge in [-0.1, -0.05) is 60.1 Å². The maximum absolute atomic E-state index is 10.8. The van der Waals surface area contributed by atoms with Crippen molar-refractivity contribution in [3.8, 4) is 11.1 Å². The fraction of sp³-hybridized carbons (Fsp3) is 0. The van der Waals surface area contributed by atoms with Gasteiger partial charge in [-0.15, -0.1) is 0 Å². The molecule has 118 valence electrons. The minimum absolute atomic E-state index is 0.248. The second-order valence-electron chi connectivity index (χ2n) is 5.22. The average molecular weight is 336 g/mol. The fourth-order valence-electron chi connectivity index (χ4n) is 2.28. The monoisotopic (exact) mass is 335 g/mol. The number of nitrogens with zero attached hydrogens (tertiary/aromatic N) is 1. The van der Waals surface area contributed by atoms with E-state index in [2.05, 4.69) is 4.99 Å². The molecule has 0 amide bonds. The van der Waals surface area contributed by atoms with Crippen LogP contribution in [0.4, 0.5) is 5.69 Å². The van der Waals surface area contributed by atoms with Gasteiger partial charge in [-0.05, 0) is 41.0 Å². The first-order valence-electron chi connectivity index (χ1n) is 7.36. The van der Waals surface area contributed by atoms with Crippen molar-refractivity contribution in [2.24, 2.45) is 4.99 Å². The highest BCUT2D eigenvalue weighted by Crippen LogP contribution is 2.30. The molecule has 0 aliphatic rings. The molecule has 24 heavy (non-hydrogen) atoms. The Balaban J connectivity index is 1.81. The maximum Gasteiger partial charge on any atom is 0.335 e. The number of carboxylic acids is 1. The number of rotatable bonds is 4. The lowest BCUT2D eigenvalue weighted by Crippen LogP contribution is -1.95. The number of carboxylic acid groups (broad SMARTS) is 1. The fourth-order valence-corrected chi connectivity index (χ4v) is 2.51. The van der Waals surface area contributed by atoms with Crippen LogP contribution in [0.3, 0.4) is 0 Å². The van der Waals surface area contributed by atoms with Crippen LogP contribution in [0.2, 0.25) is 5.02 Å². The van der Waals surface area contributed by atoms with Gasteiger partial charge in [0, 0.05) is 6.21 Å². The summed E-state index contributed by atoms with van der Waals surface area (Å²) in [5, 5.41) is 9.45. The molecule has 3 aromatic rings. The predicted octanol–water partition coefficient (Wildman–Crippen LogP) is 5.46. The van der Waals surface area contributed by atoms with Crippen LogP contribution < -0.4 is 0 Å². The topological polar surface area (TPSA) is 49.7 Å². The Morgan fingerprint density at radius 1 is 0.917 bits per heavy atom. The van der Waals surface area contributed by atoms with Crippen LogP contribution in [0.15, 0.2) is 77.8 Å². The second kappa shape index (κ2) is 7.11. The molecule has 4 heteroatoms. The van der Waals surface area contributed by atoms with Crippen molar-refractivity contribution < 1.29 is 9.90 Å². The third-order valence-corrected chi connectivity index (χ3v) is 3.87. The lowest BCUT2D eigenvalue weighted by Gasteiger charge is -2.04. The van der Waals surface area contributed by atoms with Gasteiger partial charge in [-0.3, -0.25) is 4.99 Å². The molecule has 3 aromatic carbocycles. The Morgan fingerprint density at radius 3 is 2.25 bits per heavy atom. The molecule has 0 bridgehead atoms. The third kappa shape index (κ3) is 3.70. The molecule has 0 aliphatic heterocycles. The van der Waals surface area contributed by atoms with Gasteiger partial charge in [0.15, 0.2) is 0 Å². The van der Waals surface area contributed by atoms with E-state index in [1.165, 1.54) is 0 Å². The Hall–Kier alpha value is -2.91. The molecule has 0 fully saturated rings. The molecule has 0 heterocycles. The highest BCUT2D eigenvalue weighted by atomic mass is 35.5. The van der Waals surface area contributed by atoms with E-state index in [1.807, 2.05) is 48.5 Å². The summed E-state index contributed by atoms with van der Waals surface area (Å²) in [6.07, 6.45) is 1.66. The molecule has 0 aliphatic carbocycles. The summed E-state index contributed by atoms with van der Waals surface area (Å²) in [5.74, 6) is -0.946. The first-order valence-corrected chi connectivity index (χ1v) is 7.74. The Labute approximate surface area is 144 Å². The number of hydrogen-bond acceptors (Lipinski definition) is 2. The van der Waals surface area contributed by atoms with Crippen molar-refractivity contribution in [2.45, 2.75) is 0 Å². The standard InChI is InChI=1S/C20H14ClNO2/c21-18-12-17(15-4-2-1-3-5-15)10-11-19(18)22-13-14-6-8-16(9-7-14)20(23)24/h1-13H,(H,23,24). The minimum Gasteiger partial charge on any atom is -0.478 e. The van der Waals surface area contributed by atoms with Gasteiger partial charge in [-0.2, -0.15) is 0 Å². The van der Waals surface area contributed by atoms with Crippen molar-refractivity contribution in [1.29, 1.82) is 0 Å². The van der Waals surface area contributed by atoms with E-state index >= 15 is 0 Å². The van der Waals surface area contributed by atoms with E-state index in [9.17, 15) is 4.79 Å². The number of carbonyl (C=O) groups is 1. The van der Waals surface area contributed by atoms with E-state index in [-0.39, 0.29) is 5.56 Å². The summed E-state index contributed by atoms with van der Waals surface area (Å²) in [7, 11) is 0. The van der Waals surface area contributed by atoms with E-state index in [4.69, 9.17) is 16.7 Å². The summed E-state index contributed by atoms with van der Waals surface area (Å²) >= 11 is 6.32. The molecule has 0 saturated heterocycles. The van der Waals surface area contributed by atoms with Crippen LogP contribution in [-0.2, 0) is 0 Å². The molecule has 3 rings (SSSR count). The maximum atomic E-state index is 10.8. The molecule has 3 nitrogen and oxygen atoms in total. The van der Waals surface area contributed by atoms with Gasteiger partial charge < -0.3 is 5.11 Å². The van der Waals surface area contributed by atoms with Crippen LogP contribution in [0, 0.1) is 0 Å². The highest BCUT2D eigenvalue weighted by molar-refractivity contribution is 6.33. The molecule has 1 N–H and O–H groups in total. The molecular weight excluding hydrogens is 322 g/mol. The molecule has 0 radical (unpaired) electrons. The second-order valence-corrected chi connectivity index (χ2v) is 5.62. The summed E-state index contributed by atoms with van der Waals surface area (Å²) in [4.78, 5) is 15.2. The first kappa shape index (κ1) is 16.0. The predicted molar refractivity (Wildman–Crippen MR) is 97.5 cm³/mol. The smallest absolute Gasteiger partial charge is 0.335 e. The van der Waals surface area contributed by atoms with Crippen molar-refractivity contribution >= 4 is 29.5 Å². The minimum atomic E-state index is -0.946. The van der Waals surface area contributed by atoms with Crippen molar-refractivity contribution in [1.82, 2.24) is 0 Å². The summed E-state index contributed by atoms with van der Waals surface area (Å²) in [6.45, 7) is 0. The van der Waals surface area contributed by atoms with Crippen LogP contribution in [0.25, 0.3) is 11.1 Å². The molecular formula is C20H14ClNO2. The van der Waals surface area contributed by atoms with Crippen molar-refractivity contribution in [3.63, 3.8) is 0 Å². The number of aromatic carboxylic acids is 1. The van der Waals surface area contributed by atoms with Crippen molar-refractivity contribution in [3.05, 3.63) is 88.9 Å². The zero-order valence-electron chi connectivity index (χ0n) is 12.7. The molecule has 0 aromatic heterocycles. The van der Waals surface area contributed by atoms with Crippen molar-refractivity contribution in [2.75, 3.05) is 0 Å². The van der Waals surface area contributed by atoms with E-state index in [1.54, 1.807) is 30.5 Å². The number of hydrogen-bond donors (Lipinski definition) is 1. The summed E-state index contributed by atoms with van der Waals surface area (Å²) < 4.78 is 0. The first-order chi connectivity index (χ1) is 11.6. The lowest BCUT2D eigenvalue weighted by molar-refractivity contribution is 0.0697. The normalized spacial score (nSPS) is 10.9. The van der Waals surface area contributed by atoms with Gasteiger partial charge in [-0.25, -0.2) is 4.79 Å². The quantitative estimate of drug-likeness (QED) is 0.644. The molecule has 0 saturated carbocycles. The third-order valence-electron chi connectivity index (χ3n) is 3.57. The zero-order valence-corrected chi connectivity index (χ0v) is 13.4. The van der Waals surface area contributed by atoms with Gasteiger partial charge >= 0.3 is 5.97 Å². The Bertz CT molecular complexity index is 887. The van der Waals surface area contributed by atoms with Gasteiger partial charge in [0.2, 0.25) is 0 Å². The highest BCUT2D eigenvalue weighted by Gasteiger charge is 2.03. The summed E-state index contributed by atoms with van der Waals surface area (Å²) in [5.41, 5.74) is 3.85. The van der Waals surface area contributed by atoms with Crippen LogP contribution in [0.5, 0.6) is 0 Å². The van der Waals surface area contributed by atoms with Crippen LogP contribution in [-0.4, -0.2) is 17.3 Å². The van der Waals surface area contributed by atoms with E-state index in [0.29, 0.717) is 10.7 Å². The largest absolute Gasteiger partial charge is 0.478 e. The number of benzene rings is 3.